The molecule has 0 aliphatic carbocycles. The summed E-state index contributed by atoms with van der Waals surface area (Å²) in [5.41, 5.74) is 1.93. The van der Waals surface area contributed by atoms with Crippen molar-refractivity contribution in [2.24, 2.45) is 0 Å². The molecule has 0 saturated carbocycles. The molecule has 9 nitrogen and oxygen atoms in total. The Morgan fingerprint density at radius 2 is 1.83 bits per heavy atom. The van der Waals surface area contributed by atoms with Gasteiger partial charge in [-0.25, -0.2) is 4.98 Å². The van der Waals surface area contributed by atoms with Crippen LogP contribution < -0.4 is 16.2 Å². The zero-order chi connectivity index (χ0) is 20.8. The predicted molar refractivity (Wildman–Crippen MR) is 108 cm³/mol. The van der Waals surface area contributed by atoms with E-state index in [1.165, 1.54) is 16.3 Å². The number of nitrogens with one attached hydrogen (secondary N) is 3. The minimum Gasteiger partial charge on any atom is -0.348 e. The largest absolute Gasteiger partial charge is 0.348 e. The van der Waals surface area contributed by atoms with E-state index < -0.39 is 11.8 Å². The van der Waals surface area contributed by atoms with Crippen LogP contribution in [0.25, 0.3) is 5.95 Å². The van der Waals surface area contributed by atoms with Crippen molar-refractivity contribution in [3.8, 4) is 5.95 Å². The standard InChI is InChI=1S/C20H22N6O3/c1-13-12-17(27)24-20(22-13)26-16(11-14(2)25-26)23-19(29)18(28)21-10-6-9-15-7-4-3-5-8-15/h3-5,7-8,11-12H,6,9-10H2,1-2H3,(H,21,28)(H,23,29)(H,22,24,27). The van der Waals surface area contributed by atoms with Crippen molar-refractivity contribution >= 4 is 17.6 Å². The quantitative estimate of drug-likeness (QED) is 0.429. The number of hydrogen-bond donors (Lipinski definition) is 3. The first-order valence-corrected chi connectivity index (χ1v) is 9.20. The summed E-state index contributed by atoms with van der Waals surface area (Å²) in [6.45, 7) is 3.78. The van der Waals surface area contributed by atoms with Crippen molar-refractivity contribution in [2.75, 3.05) is 11.9 Å². The van der Waals surface area contributed by atoms with E-state index in [4.69, 9.17) is 0 Å². The number of H-pyrrole nitrogens is 1. The van der Waals surface area contributed by atoms with E-state index in [0.717, 1.165) is 6.42 Å². The molecule has 9 heteroatoms. The van der Waals surface area contributed by atoms with Crippen LogP contribution in [0.4, 0.5) is 5.82 Å². The number of nitrogens with zero attached hydrogens (tertiary/aromatic N) is 3. The van der Waals surface area contributed by atoms with Crippen molar-refractivity contribution in [1.82, 2.24) is 25.1 Å². The molecule has 0 fully saturated rings. The molecule has 2 aromatic heterocycles. The third-order valence-electron chi connectivity index (χ3n) is 4.11. The Balaban J connectivity index is 1.60. The average Bonchev–Trinajstić information content (AvgIpc) is 3.05. The molecule has 29 heavy (non-hydrogen) atoms. The number of anilines is 1. The number of aryl methyl sites for hydroxylation is 3. The van der Waals surface area contributed by atoms with Gasteiger partial charge < -0.3 is 10.6 Å². The maximum atomic E-state index is 12.2. The van der Waals surface area contributed by atoms with Crippen LogP contribution in [-0.4, -0.2) is 38.1 Å². The van der Waals surface area contributed by atoms with Gasteiger partial charge in [0, 0.05) is 24.4 Å². The Bertz CT molecular complexity index is 1070. The van der Waals surface area contributed by atoms with Crippen molar-refractivity contribution in [1.29, 1.82) is 0 Å². The SMILES string of the molecule is Cc1cc(=O)[nH]c(-n2nc(C)cc2NC(=O)C(=O)NCCCc2ccccc2)n1. The van der Waals surface area contributed by atoms with Crippen LogP contribution in [-0.2, 0) is 16.0 Å². The molecule has 2 amide bonds. The molecular weight excluding hydrogens is 372 g/mol. The zero-order valence-corrected chi connectivity index (χ0v) is 16.2. The highest BCUT2D eigenvalue weighted by molar-refractivity contribution is 6.39. The fourth-order valence-corrected chi connectivity index (χ4v) is 2.81. The Hall–Kier alpha value is -3.75. The van der Waals surface area contributed by atoms with Gasteiger partial charge in [-0.3, -0.25) is 19.4 Å². The molecule has 3 aromatic rings. The van der Waals surface area contributed by atoms with E-state index in [1.54, 1.807) is 19.9 Å². The van der Waals surface area contributed by atoms with Crippen molar-refractivity contribution in [2.45, 2.75) is 26.7 Å². The topological polar surface area (TPSA) is 122 Å². The number of amides is 2. The van der Waals surface area contributed by atoms with Crippen LogP contribution in [0.15, 0.2) is 47.3 Å². The molecule has 150 valence electrons. The summed E-state index contributed by atoms with van der Waals surface area (Å²) in [4.78, 5) is 42.8. The Morgan fingerprint density at radius 1 is 1.07 bits per heavy atom. The van der Waals surface area contributed by atoms with Gasteiger partial charge in [0.25, 0.3) is 5.56 Å². The molecule has 0 unspecified atom stereocenters. The van der Waals surface area contributed by atoms with Crippen molar-refractivity contribution in [3.05, 3.63) is 69.8 Å². The number of carbonyl (C=O) groups is 2. The normalized spacial score (nSPS) is 10.6. The second-order valence-electron chi connectivity index (χ2n) is 6.59. The molecule has 0 aliphatic heterocycles. The van der Waals surface area contributed by atoms with Crippen LogP contribution in [0.5, 0.6) is 0 Å². The fraction of sp³-hybridized carbons (Fsp3) is 0.250. The number of hydrogen-bond acceptors (Lipinski definition) is 5. The monoisotopic (exact) mass is 394 g/mol. The second-order valence-corrected chi connectivity index (χ2v) is 6.59. The molecule has 0 saturated heterocycles. The summed E-state index contributed by atoms with van der Waals surface area (Å²) in [5.74, 6) is -1.17. The number of benzene rings is 1. The van der Waals surface area contributed by atoms with Gasteiger partial charge in [0.05, 0.1) is 5.69 Å². The third kappa shape index (κ3) is 5.38. The van der Waals surface area contributed by atoms with E-state index in [9.17, 15) is 14.4 Å². The summed E-state index contributed by atoms with van der Waals surface area (Å²) in [6, 6.07) is 12.8. The van der Waals surface area contributed by atoms with Crippen LogP contribution in [0.3, 0.4) is 0 Å². The first-order valence-electron chi connectivity index (χ1n) is 9.20. The van der Waals surface area contributed by atoms with Crippen molar-refractivity contribution < 1.29 is 9.59 Å². The van der Waals surface area contributed by atoms with E-state index in [0.29, 0.717) is 24.4 Å². The lowest BCUT2D eigenvalue weighted by atomic mass is 10.1. The summed E-state index contributed by atoms with van der Waals surface area (Å²) in [5, 5.41) is 9.34. The van der Waals surface area contributed by atoms with Gasteiger partial charge in [0.2, 0.25) is 5.95 Å². The summed E-state index contributed by atoms with van der Waals surface area (Å²) < 4.78 is 1.28. The van der Waals surface area contributed by atoms with Crippen molar-refractivity contribution in [3.63, 3.8) is 0 Å². The molecule has 3 N–H and O–H groups in total. The maximum absolute atomic E-state index is 12.2. The van der Waals surface area contributed by atoms with Crippen LogP contribution in [0, 0.1) is 13.8 Å². The molecule has 3 rings (SSSR count). The lowest BCUT2D eigenvalue weighted by Gasteiger charge is -2.09. The molecule has 0 aliphatic rings. The van der Waals surface area contributed by atoms with Gasteiger partial charge >= 0.3 is 11.8 Å². The molecule has 0 atom stereocenters. The summed E-state index contributed by atoms with van der Waals surface area (Å²) in [7, 11) is 0. The minimum atomic E-state index is -0.819. The molecule has 1 aromatic carbocycles. The van der Waals surface area contributed by atoms with E-state index in [1.807, 2.05) is 30.3 Å². The van der Waals surface area contributed by atoms with Gasteiger partial charge in [-0.2, -0.15) is 9.78 Å². The predicted octanol–water partition coefficient (Wildman–Crippen LogP) is 1.26. The van der Waals surface area contributed by atoms with E-state index >= 15 is 0 Å². The summed E-state index contributed by atoms with van der Waals surface area (Å²) in [6.07, 6.45) is 1.52. The number of rotatable bonds is 6. The summed E-state index contributed by atoms with van der Waals surface area (Å²) >= 11 is 0. The van der Waals surface area contributed by atoms with Gasteiger partial charge in [-0.1, -0.05) is 30.3 Å². The first-order chi connectivity index (χ1) is 13.9. The molecular formula is C20H22N6O3. The molecule has 0 bridgehead atoms. The van der Waals surface area contributed by atoms with E-state index in [2.05, 4.69) is 25.7 Å². The number of aromatic amines is 1. The first kappa shape index (κ1) is 20.0. The third-order valence-corrected chi connectivity index (χ3v) is 4.11. The van der Waals surface area contributed by atoms with E-state index in [-0.39, 0.29) is 17.3 Å². The number of aromatic nitrogens is 4. The smallest absolute Gasteiger partial charge is 0.314 e. The average molecular weight is 394 g/mol. The zero-order valence-electron chi connectivity index (χ0n) is 16.2. The highest BCUT2D eigenvalue weighted by atomic mass is 16.2. The molecule has 0 radical (unpaired) electrons. The second kappa shape index (κ2) is 8.96. The van der Waals surface area contributed by atoms with Gasteiger partial charge in [-0.05, 0) is 32.3 Å². The van der Waals surface area contributed by atoms with Gasteiger partial charge in [0.15, 0.2) is 0 Å². The van der Waals surface area contributed by atoms with Gasteiger partial charge in [-0.15, -0.1) is 0 Å². The number of carbonyl (C=O) groups excluding carboxylic acids is 2. The molecule has 2 heterocycles. The highest BCUT2D eigenvalue weighted by Crippen LogP contribution is 2.13. The Morgan fingerprint density at radius 3 is 2.55 bits per heavy atom. The van der Waals surface area contributed by atoms with Crippen LogP contribution in [0.1, 0.15) is 23.4 Å². The highest BCUT2D eigenvalue weighted by Gasteiger charge is 2.18. The van der Waals surface area contributed by atoms with Crippen LogP contribution >= 0.6 is 0 Å². The fourth-order valence-electron chi connectivity index (χ4n) is 2.81. The maximum Gasteiger partial charge on any atom is 0.314 e. The lowest BCUT2D eigenvalue weighted by molar-refractivity contribution is -0.136. The Kier molecular flexibility index (Phi) is 6.18. The Labute approximate surface area is 167 Å². The lowest BCUT2D eigenvalue weighted by Crippen LogP contribution is -2.36. The molecule has 0 spiro atoms. The minimum absolute atomic E-state index is 0.154. The van der Waals surface area contributed by atoms with Crippen LogP contribution in [0.2, 0.25) is 0 Å². The van der Waals surface area contributed by atoms with Gasteiger partial charge in [0.1, 0.15) is 5.82 Å².